The van der Waals surface area contributed by atoms with E-state index < -0.39 is 0 Å². The summed E-state index contributed by atoms with van der Waals surface area (Å²) in [5.41, 5.74) is 1.89. The van der Waals surface area contributed by atoms with Crippen molar-refractivity contribution >= 4 is 23.2 Å². The number of aromatic nitrogens is 5. The Morgan fingerprint density at radius 3 is 2.96 bits per heavy atom. The fourth-order valence-corrected chi connectivity index (χ4v) is 4.16. The molecule has 8 nitrogen and oxygen atoms in total. The van der Waals surface area contributed by atoms with Crippen molar-refractivity contribution in [2.45, 2.75) is 32.9 Å². The molecule has 1 amide bonds. The number of anilines is 1. The summed E-state index contributed by atoms with van der Waals surface area (Å²) in [5.74, 6) is 0.689. The van der Waals surface area contributed by atoms with Gasteiger partial charge < -0.3 is 14.8 Å². The van der Waals surface area contributed by atoms with Gasteiger partial charge in [0.1, 0.15) is 6.54 Å². The van der Waals surface area contributed by atoms with Gasteiger partial charge in [-0.3, -0.25) is 4.79 Å². The Labute approximate surface area is 161 Å². The number of imidazole rings is 1. The zero-order valence-corrected chi connectivity index (χ0v) is 16.1. The van der Waals surface area contributed by atoms with Gasteiger partial charge in [-0.1, -0.05) is 0 Å². The van der Waals surface area contributed by atoms with E-state index in [4.69, 9.17) is 4.98 Å². The number of nitrogens with one attached hydrogen (secondary N) is 1. The third-order valence-corrected chi connectivity index (χ3v) is 5.60. The maximum absolute atomic E-state index is 12.2. The van der Waals surface area contributed by atoms with Gasteiger partial charge in [-0.15, -0.1) is 11.3 Å². The number of hydrogen-bond acceptors (Lipinski definition) is 7. The number of aryl methyl sites for hydroxylation is 2. The van der Waals surface area contributed by atoms with Crippen LogP contribution in [0.3, 0.4) is 0 Å². The first-order chi connectivity index (χ1) is 13.1. The van der Waals surface area contributed by atoms with Crippen molar-refractivity contribution in [1.82, 2.24) is 29.8 Å². The molecule has 4 heterocycles. The lowest BCUT2D eigenvalue weighted by molar-refractivity contribution is -0.122. The number of thiazole rings is 1. The van der Waals surface area contributed by atoms with E-state index >= 15 is 0 Å². The van der Waals surface area contributed by atoms with Crippen molar-refractivity contribution < 1.29 is 4.79 Å². The van der Waals surface area contributed by atoms with E-state index in [1.54, 1.807) is 40.8 Å². The molecule has 1 fully saturated rings. The second-order valence-corrected chi connectivity index (χ2v) is 7.83. The quantitative estimate of drug-likeness (QED) is 0.723. The molecule has 9 heteroatoms. The number of hydrogen-bond donors (Lipinski definition) is 1. The summed E-state index contributed by atoms with van der Waals surface area (Å²) in [7, 11) is 0. The van der Waals surface area contributed by atoms with Gasteiger partial charge >= 0.3 is 0 Å². The van der Waals surface area contributed by atoms with Gasteiger partial charge in [-0.25, -0.2) is 19.9 Å². The molecule has 1 aliphatic heterocycles. The average Bonchev–Trinajstić information content (AvgIpc) is 3.37. The molecule has 27 heavy (non-hydrogen) atoms. The second kappa shape index (κ2) is 7.43. The third kappa shape index (κ3) is 3.97. The summed E-state index contributed by atoms with van der Waals surface area (Å²) >= 11 is 1.64. The largest absolute Gasteiger partial charge is 0.350 e. The van der Waals surface area contributed by atoms with Crippen molar-refractivity contribution in [2.24, 2.45) is 0 Å². The molecule has 3 aromatic rings. The summed E-state index contributed by atoms with van der Waals surface area (Å²) in [6.45, 7) is 5.82. The van der Waals surface area contributed by atoms with E-state index in [2.05, 4.69) is 25.2 Å². The molecule has 0 saturated carbocycles. The van der Waals surface area contributed by atoms with Gasteiger partial charge in [-0.2, -0.15) is 0 Å². The standard InChI is InChI=1S/C18H21N7OS/c1-12-17(27-13(2)21-12)15-3-5-20-18(23-15)25-7-4-14(9-25)22-16(26)10-24-8-6-19-11-24/h3,5-6,8,11,14H,4,7,9-10H2,1-2H3,(H,22,26). The Morgan fingerprint density at radius 1 is 1.33 bits per heavy atom. The highest BCUT2D eigenvalue weighted by molar-refractivity contribution is 7.15. The minimum Gasteiger partial charge on any atom is -0.350 e. The minimum atomic E-state index is -0.00900. The molecular formula is C18H21N7OS. The number of amides is 1. The lowest BCUT2D eigenvalue weighted by atomic mass is 10.2. The summed E-state index contributed by atoms with van der Waals surface area (Å²) < 4.78 is 1.76. The monoisotopic (exact) mass is 383 g/mol. The Kier molecular flexibility index (Phi) is 4.85. The summed E-state index contributed by atoms with van der Waals surface area (Å²) in [6.07, 6.45) is 7.76. The van der Waals surface area contributed by atoms with Crippen molar-refractivity contribution in [3.63, 3.8) is 0 Å². The van der Waals surface area contributed by atoms with Crippen LogP contribution in [0.2, 0.25) is 0 Å². The maximum atomic E-state index is 12.2. The Bertz CT molecular complexity index is 937. The normalized spacial score (nSPS) is 16.7. The molecule has 1 aliphatic rings. The summed E-state index contributed by atoms with van der Waals surface area (Å²) in [4.78, 5) is 33.0. The van der Waals surface area contributed by atoms with Crippen molar-refractivity contribution in [1.29, 1.82) is 0 Å². The van der Waals surface area contributed by atoms with Crippen LogP contribution in [0.1, 0.15) is 17.1 Å². The lowest BCUT2D eigenvalue weighted by Crippen LogP contribution is -2.39. The number of carbonyl (C=O) groups excluding carboxylic acids is 1. The van der Waals surface area contributed by atoms with Gasteiger partial charge in [0.05, 0.1) is 27.6 Å². The Balaban J connectivity index is 1.41. The van der Waals surface area contributed by atoms with E-state index in [0.29, 0.717) is 12.5 Å². The molecule has 0 aromatic carbocycles. The number of rotatable bonds is 5. The molecule has 1 atom stereocenters. The molecule has 3 aromatic heterocycles. The van der Waals surface area contributed by atoms with Crippen LogP contribution in [0.5, 0.6) is 0 Å². The fourth-order valence-electron chi connectivity index (χ4n) is 3.28. The van der Waals surface area contributed by atoms with Gasteiger partial charge in [0.2, 0.25) is 11.9 Å². The molecule has 1 N–H and O–H groups in total. The van der Waals surface area contributed by atoms with Gasteiger partial charge in [0.15, 0.2) is 0 Å². The van der Waals surface area contributed by atoms with E-state index in [-0.39, 0.29) is 18.5 Å². The van der Waals surface area contributed by atoms with Gasteiger partial charge in [0, 0.05) is 37.7 Å². The van der Waals surface area contributed by atoms with Crippen molar-refractivity contribution in [3.05, 3.63) is 41.7 Å². The van der Waals surface area contributed by atoms with Gasteiger partial charge in [-0.05, 0) is 26.3 Å². The topological polar surface area (TPSA) is 88.8 Å². The van der Waals surface area contributed by atoms with Crippen LogP contribution in [0, 0.1) is 13.8 Å². The molecule has 1 unspecified atom stereocenters. The maximum Gasteiger partial charge on any atom is 0.240 e. The number of nitrogens with zero attached hydrogens (tertiary/aromatic N) is 6. The van der Waals surface area contributed by atoms with Gasteiger partial charge in [0.25, 0.3) is 0 Å². The Morgan fingerprint density at radius 2 is 2.22 bits per heavy atom. The van der Waals surface area contributed by atoms with E-state index in [1.807, 2.05) is 19.9 Å². The van der Waals surface area contributed by atoms with Crippen molar-refractivity contribution in [3.8, 4) is 10.6 Å². The minimum absolute atomic E-state index is 0.00900. The molecular weight excluding hydrogens is 362 g/mol. The summed E-state index contributed by atoms with van der Waals surface area (Å²) in [6, 6.07) is 2.02. The zero-order chi connectivity index (χ0) is 18.8. The second-order valence-electron chi connectivity index (χ2n) is 6.62. The van der Waals surface area contributed by atoms with E-state index in [9.17, 15) is 4.79 Å². The molecule has 4 rings (SSSR count). The fraction of sp³-hybridized carbons (Fsp3) is 0.389. The highest BCUT2D eigenvalue weighted by atomic mass is 32.1. The smallest absolute Gasteiger partial charge is 0.240 e. The Hall–Kier alpha value is -2.81. The highest BCUT2D eigenvalue weighted by Gasteiger charge is 2.26. The zero-order valence-electron chi connectivity index (χ0n) is 15.3. The lowest BCUT2D eigenvalue weighted by Gasteiger charge is -2.17. The van der Waals surface area contributed by atoms with Crippen LogP contribution in [0.15, 0.2) is 31.0 Å². The van der Waals surface area contributed by atoms with Crippen LogP contribution in [-0.2, 0) is 11.3 Å². The molecule has 0 spiro atoms. The van der Waals surface area contributed by atoms with Crippen LogP contribution in [0.4, 0.5) is 5.95 Å². The van der Waals surface area contributed by atoms with Crippen molar-refractivity contribution in [2.75, 3.05) is 18.0 Å². The molecule has 0 aliphatic carbocycles. The SMILES string of the molecule is Cc1nc(C)c(-c2ccnc(N3CCC(NC(=O)Cn4ccnc4)C3)n2)s1. The molecule has 0 bridgehead atoms. The molecule has 1 saturated heterocycles. The van der Waals surface area contributed by atoms with Crippen LogP contribution in [-0.4, -0.2) is 49.5 Å². The van der Waals surface area contributed by atoms with Crippen LogP contribution < -0.4 is 10.2 Å². The first kappa shape index (κ1) is 17.6. The first-order valence-corrected chi connectivity index (χ1v) is 9.67. The highest BCUT2D eigenvalue weighted by Crippen LogP contribution is 2.29. The predicted molar refractivity (Wildman–Crippen MR) is 104 cm³/mol. The third-order valence-electron chi connectivity index (χ3n) is 4.50. The predicted octanol–water partition coefficient (Wildman–Crippen LogP) is 1.81. The first-order valence-electron chi connectivity index (χ1n) is 8.86. The summed E-state index contributed by atoms with van der Waals surface area (Å²) in [5, 5.41) is 4.11. The molecule has 0 radical (unpaired) electrons. The van der Waals surface area contributed by atoms with E-state index in [1.165, 1.54) is 0 Å². The van der Waals surface area contributed by atoms with Crippen LogP contribution >= 0.6 is 11.3 Å². The number of carbonyl (C=O) groups is 1. The van der Waals surface area contributed by atoms with Crippen LogP contribution in [0.25, 0.3) is 10.6 Å². The average molecular weight is 383 g/mol. The van der Waals surface area contributed by atoms with E-state index in [0.717, 1.165) is 34.2 Å². The molecule has 140 valence electrons.